The van der Waals surface area contributed by atoms with Gasteiger partial charge in [0, 0.05) is 15.7 Å². The molecule has 1 aromatic heterocycles. The Morgan fingerprint density at radius 1 is 1.13 bits per heavy atom. The number of halogens is 2. The van der Waals surface area contributed by atoms with E-state index in [0.717, 1.165) is 4.47 Å². The van der Waals surface area contributed by atoms with Gasteiger partial charge in [-0.2, -0.15) is 0 Å². The number of ether oxygens (including phenoxy) is 1. The van der Waals surface area contributed by atoms with Crippen LogP contribution < -0.4 is 15.4 Å². The lowest BCUT2D eigenvalue weighted by Crippen LogP contribution is -2.37. The zero-order chi connectivity index (χ0) is 21.8. The molecule has 0 atom stereocenters. The number of thiocarbonyl (C=S) groups is 1. The minimum Gasteiger partial charge on any atom is -0.484 e. The van der Waals surface area contributed by atoms with Crippen molar-refractivity contribution in [3.05, 3.63) is 77.0 Å². The van der Waals surface area contributed by atoms with Crippen LogP contribution in [0.15, 0.2) is 75.6 Å². The zero-order valence-corrected chi connectivity index (χ0v) is 18.3. The van der Waals surface area contributed by atoms with Crippen molar-refractivity contribution < 1.29 is 18.3 Å². The monoisotopic (exact) mass is 499 g/mol. The van der Waals surface area contributed by atoms with Crippen LogP contribution in [0.2, 0.25) is 0 Å². The second-order valence-electron chi connectivity index (χ2n) is 6.46. The highest BCUT2D eigenvalue weighted by Gasteiger charge is 2.11. The summed E-state index contributed by atoms with van der Waals surface area (Å²) >= 11 is 8.52. The van der Waals surface area contributed by atoms with Crippen LogP contribution in [0.4, 0.5) is 10.1 Å². The maximum Gasteiger partial charge on any atom is 0.264 e. The Labute approximate surface area is 190 Å². The summed E-state index contributed by atoms with van der Waals surface area (Å²) in [5.74, 6) is 0.124. The van der Waals surface area contributed by atoms with Gasteiger partial charge >= 0.3 is 0 Å². The molecule has 0 aliphatic heterocycles. The van der Waals surface area contributed by atoms with Crippen molar-refractivity contribution in [2.24, 2.45) is 0 Å². The molecule has 0 saturated heterocycles. The summed E-state index contributed by atoms with van der Waals surface area (Å²) in [5, 5.41) is 5.60. The number of aromatic nitrogens is 1. The number of nitrogens with one attached hydrogen (secondary N) is 2. The number of fused-ring (bicyclic) bond motifs is 1. The molecule has 0 bridgehead atoms. The van der Waals surface area contributed by atoms with E-state index in [1.54, 1.807) is 42.5 Å². The Balaban J connectivity index is 1.36. The Morgan fingerprint density at radius 3 is 2.71 bits per heavy atom. The van der Waals surface area contributed by atoms with Crippen molar-refractivity contribution in [3.63, 3.8) is 0 Å². The topological polar surface area (TPSA) is 76.4 Å². The highest BCUT2D eigenvalue weighted by molar-refractivity contribution is 9.10. The fraction of sp³-hybridized carbons (Fsp3) is 0.0455. The molecule has 9 heteroatoms. The summed E-state index contributed by atoms with van der Waals surface area (Å²) in [6.45, 7) is -0.178. The molecule has 2 N–H and O–H groups in total. The van der Waals surface area contributed by atoms with E-state index in [4.69, 9.17) is 21.4 Å². The van der Waals surface area contributed by atoms with Gasteiger partial charge in [0.15, 0.2) is 17.3 Å². The molecule has 0 fully saturated rings. The van der Waals surface area contributed by atoms with Crippen LogP contribution in [-0.2, 0) is 4.79 Å². The van der Waals surface area contributed by atoms with E-state index < -0.39 is 5.91 Å². The van der Waals surface area contributed by atoms with Crippen LogP contribution in [0.3, 0.4) is 0 Å². The van der Waals surface area contributed by atoms with E-state index in [1.165, 1.54) is 12.1 Å². The highest BCUT2D eigenvalue weighted by Crippen LogP contribution is 2.26. The number of amides is 1. The van der Waals surface area contributed by atoms with Gasteiger partial charge in [-0.05, 0) is 72.9 Å². The lowest BCUT2D eigenvalue weighted by molar-refractivity contribution is -0.121. The average molecular weight is 500 g/mol. The number of carbonyl (C=O) groups is 1. The Hall–Kier alpha value is -3.30. The minimum absolute atomic E-state index is 0.123. The SMILES string of the molecule is O=C(COc1ccc(Br)cc1)NC(=S)Nc1ccc2oc(-c3cccc(F)c3)nc2c1. The number of nitrogens with zero attached hydrogens (tertiary/aromatic N) is 1. The second-order valence-corrected chi connectivity index (χ2v) is 7.78. The number of hydrogen-bond donors (Lipinski definition) is 2. The number of benzene rings is 3. The van der Waals surface area contributed by atoms with Crippen molar-refractivity contribution in [2.75, 3.05) is 11.9 Å². The van der Waals surface area contributed by atoms with Crippen LogP contribution >= 0.6 is 28.1 Å². The van der Waals surface area contributed by atoms with Crippen LogP contribution in [0, 0.1) is 5.82 Å². The molecular formula is C22H15BrFN3O3S. The standard InChI is InChI=1S/C22H15BrFN3O3S/c23-14-4-7-17(8-5-14)29-12-20(28)27-22(31)25-16-6-9-19-18(11-16)26-21(30-19)13-2-1-3-15(24)10-13/h1-11H,12H2,(H2,25,27,28,31). The van der Waals surface area contributed by atoms with Gasteiger partial charge in [-0.3, -0.25) is 10.1 Å². The lowest BCUT2D eigenvalue weighted by Gasteiger charge is -2.10. The molecule has 1 heterocycles. The molecule has 3 aromatic carbocycles. The van der Waals surface area contributed by atoms with Crippen molar-refractivity contribution in [1.82, 2.24) is 10.3 Å². The summed E-state index contributed by atoms with van der Waals surface area (Å²) in [5.41, 5.74) is 2.27. The first-order valence-electron chi connectivity index (χ1n) is 9.12. The quantitative estimate of drug-likeness (QED) is 0.363. The third kappa shape index (κ3) is 5.44. The van der Waals surface area contributed by atoms with Crippen molar-refractivity contribution in [3.8, 4) is 17.2 Å². The highest BCUT2D eigenvalue weighted by atomic mass is 79.9. The van der Waals surface area contributed by atoms with Crippen LogP contribution in [0.25, 0.3) is 22.6 Å². The Morgan fingerprint density at radius 2 is 1.94 bits per heavy atom. The Bertz CT molecular complexity index is 1260. The average Bonchev–Trinajstić information content (AvgIpc) is 3.17. The molecule has 156 valence electrons. The molecule has 0 aliphatic rings. The van der Waals surface area contributed by atoms with Crippen LogP contribution in [-0.4, -0.2) is 22.6 Å². The van der Waals surface area contributed by atoms with E-state index in [-0.39, 0.29) is 17.5 Å². The molecule has 0 aliphatic carbocycles. The van der Waals surface area contributed by atoms with E-state index >= 15 is 0 Å². The lowest BCUT2D eigenvalue weighted by atomic mass is 10.2. The van der Waals surface area contributed by atoms with Crippen molar-refractivity contribution in [2.45, 2.75) is 0 Å². The molecule has 0 saturated carbocycles. The number of oxazole rings is 1. The first-order chi connectivity index (χ1) is 15.0. The van der Waals surface area contributed by atoms with Gasteiger partial charge < -0.3 is 14.5 Å². The van der Waals surface area contributed by atoms with Crippen LogP contribution in [0.1, 0.15) is 0 Å². The normalized spacial score (nSPS) is 10.6. The van der Waals surface area contributed by atoms with E-state index in [2.05, 4.69) is 31.5 Å². The van der Waals surface area contributed by atoms with E-state index in [1.807, 2.05) is 12.1 Å². The fourth-order valence-corrected chi connectivity index (χ4v) is 3.25. The number of rotatable bonds is 5. The maximum atomic E-state index is 13.4. The third-order valence-electron chi connectivity index (χ3n) is 4.15. The number of carbonyl (C=O) groups excluding carboxylic acids is 1. The van der Waals surface area contributed by atoms with Crippen LogP contribution in [0.5, 0.6) is 5.75 Å². The van der Waals surface area contributed by atoms with E-state index in [0.29, 0.717) is 34.0 Å². The van der Waals surface area contributed by atoms with Gasteiger partial charge in [0.1, 0.15) is 17.1 Å². The van der Waals surface area contributed by atoms with E-state index in [9.17, 15) is 9.18 Å². The zero-order valence-electron chi connectivity index (χ0n) is 15.9. The summed E-state index contributed by atoms with van der Waals surface area (Å²) in [6.07, 6.45) is 0. The maximum absolute atomic E-state index is 13.4. The summed E-state index contributed by atoms with van der Waals surface area (Å²) in [4.78, 5) is 16.4. The van der Waals surface area contributed by atoms with Gasteiger partial charge in [0.2, 0.25) is 5.89 Å². The molecule has 4 aromatic rings. The predicted octanol–water partition coefficient (Wildman–Crippen LogP) is 5.29. The number of hydrogen-bond acceptors (Lipinski definition) is 5. The molecule has 4 rings (SSSR count). The number of anilines is 1. The van der Waals surface area contributed by atoms with Gasteiger partial charge in [-0.15, -0.1) is 0 Å². The first kappa shape index (κ1) is 21.0. The smallest absolute Gasteiger partial charge is 0.264 e. The van der Waals surface area contributed by atoms with Gasteiger partial charge in [0.25, 0.3) is 5.91 Å². The first-order valence-corrected chi connectivity index (χ1v) is 10.3. The largest absolute Gasteiger partial charge is 0.484 e. The molecule has 1 amide bonds. The summed E-state index contributed by atoms with van der Waals surface area (Å²) in [6, 6.07) is 18.3. The molecule has 0 spiro atoms. The molecule has 0 unspecified atom stereocenters. The molecular weight excluding hydrogens is 485 g/mol. The summed E-state index contributed by atoms with van der Waals surface area (Å²) < 4.78 is 25.5. The summed E-state index contributed by atoms with van der Waals surface area (Å²) in [7, 11) is 0. The second kappa shape index (κ2) is 9.23. The van der Waals surface area contributed by atoms with Crippen molar-refractivity contribution >= 4 is 56.0 Å². The van der Waals surface area contributed by atoms with Crippen molar-refractivity contribution in [1.29, 1.82) is 0 Å². The fourth-order valence-electron chi connectivity index (χ4n) is 2.75. The molecule has 31 heavy (non-hydrogen) atoms. The Kier molecular flexibility index (Phi) is 6.24. The predicted molar refractivity (Wildman–Crippen MR) is 123 cm³/mol. The minimum atomic E-state index is -0.392. The van der Waals surface area contributed by atoms with Gasteiger partial charge in [-0.25, -0.2) is 9.37 Å². The molecule has 6 nitrogen and oxygen atoms in total. The van der Waals surface area contributed by atoms with Gasteiger partial charge in [-0.1, -0.05) is 22.0 Å². The molecule has 0 radical (unpaired) electrons. The van der Waals surface area contributed by atoms with Gasteiger partial charge in [0.05, 0.1) is 0 Å². The third-order valence-corrected chi connectivity index (χ3v) is 4.89.